The maximum Gasteiger partial charge on any atom is 0.299 e. The van der Waals surface area contributed by atoms with E-state index < -0.39 is 4.92 Å². The number of nitrogens with one attached hydrogen (secondary N) is 1. The minimum Gasteiger partial charge on any atom is -0.299 e. The smallest absolute Gasteiger partial charge is 0.299 e. The minimum absolute atomic E-state index is 0.0112. The maximum atomic E-state index is 10.6. The Labute approximate surface area is 103 Å². The molecule has 1 aromatic heterocycles. The summed E-state index contributed by atoms with van der Waals surface area (Å²) in [5.74, 6) is 5.64. The van der Waals surface area contributed by atoms with Gasteiger partial charge in [0.2, 0.25) is 0 Å². The molecule has 0 amide bonds. The molecule has 16 heavy (non-hydrogen) atoms. The van der Waals surface area contributed by atoms with Gasteiger partial charge in [-0.3, -0.25) is 15.4 Å². The van der Waals surface area contributed by atoms with E-state index in [1.54, 1.807) is 6.92 Å². The molecule has 0 bridgehead atoms. The maximum absolute atomic E-state index is 10.6. The van der Waals surface area contributed by atoms with Gasteiger partial charge in [-0.1, -0.05) is 17.5 Å². The second kappa shape index (κ2) is 5.85. The van der Waals surface area contributed by atoms with E-state index in [0.717, 1.165) is 4.88 Å². The van der Waals surface area contributed by atoms with Crippen LogP contribution in [0.15, 0.2) is 6.07 Å². The number of halogens is 1. The van der Waals surface area contributed by atoms with Crippen LogP contribution < -0.4 is 5.32 Å². The first-order chi connectivity index (χ1) is 7.56. The molecular weight excluding hydrogens is 248 g/mol. The molecule has 1 heterocycles. The number of nitrogens with zero attached hydrogens (tertiary/aromatic N) is 1. The van der Waals surface area contributed by atoms with Crippen LogP contribution in [0.2, 0.25) is 4.34 Å². The van der Waals surface area contributed by atoms with Crippen LogP contribution in [0.1, 0.15) is 24.8 Å². The Balaban J connectivity index is 2.75. The zero-order valence-electron chi connectivity index (χ0n) is 8.91. The molecule has 0 fully saturated rings. The second-order valence-electron chi connectivity index (χ2n) is 3.09. The van der Waals surface area contributed by atoms with Crippen molar-refractivity contribution in [1.29, 1.82) is 0 Å². The molecule has 1 atom stereocenters. The van der Waals surface area contributed by atoms with Crippen LogP contribution in [0, 0.1) is 22.0 Å². The molecule has 0 radical (unpaired) electrons. The van der Waals surface area contributed by atoms with Gasteiger partial charge in [-0.15, -0.1) is 17.3 Å². The van der Waals surface area contributed by atoms with Crippen molar-refractivity contribution in [3.05, 3.63) is 25.4 Å². The van der Waals surface area contributed by atoms with E-state index in [9.17, 15) is 10.1 Å². The summed E-state index contributed by atoms with van der Waals surface area (Å²) >= 11 is 6.99. The molecule has 0 spiro atoms. The Morgan fingerprint density at radius 3 is 2.94 bits per heavy atom. The Hall–Kier alpha value is -1.09. The second-order valence-corrected chi connectivity index (χ2v) is 4.78. The van der Waals surface area contributed by atoms with Crippen molar-refractivity contribution < 1.29 is 4.92 Å². The Morgan fingerprint density at radius 1 is 1.75 bits per heavy atom. The third-order valence-corrected chi connectivity index (χ3v) is 3.51. The van der Waals surface area contributed by atoms with Gasteiger partial charge >= 0.3 is 0 Å². The predicted octanol–water partition coefficient (Wildman–Crippen LogP) is 2.98. The molecular formula is C10H11ClN2O2S. The number of thiophene rings is 1. The Bertz CT molecular complexity index is 447. The summed E-state index contributed by atoms with van der Waals surface area (Å²) in [6.07, 6.45) is 0. The van der Waals surface area contributed by atoms with E-state index >= 15 is 0 Å². The summed E-state index contributed by atoms with van der Waals surface area (Å²) in [4.78, 5) is 11.0. The SMILES string of the molecule is CC#CCNC(C)c1cc([N+](=O)[O-])c(Cl)s1. The molecule has 6 heteroatoms. The van der Waals surface area contributed by atoms with Crippen molar-refractivity contribution >= 4 is 28.6 Å². The quantitative estimate of drug-likeness (QED) is 0.513. The lowest BCUT2D eigenvalue weighted by Crippen LogP contribution is -2.17. The first-order valence-electron chi connectivity index (χ1n) is 4.63. The van der Waals surface area contributed by atoms with Gasteiger partial charge in [-0.25, -0.2) is 0 Å². The van der Waals surface area contributed by atoms with Gasteiger partial charge in [0, 0.05) is 17.0 Å². The van der Waals surface area contributed by atoms with Gasteiger partial charge in [0.05, 0.1) is 11.5 Å². The minimum atomic E-state index is -0.471. The van der Waals surface area contributed by atoms with Crippen molar-refractivity contribution in [1.82, 2.24) is 5.32 Å². The monoisotopic (exact) mass is 258 g/mol. The molecule has 0 saturated heterocycles. The highest BCUT2D eigenvalue weighted by atomic mass is 35.5. The third kappa shape index (κ3) is 3.20. The van der Waals surface area contributed by atoms with Crippen LogP contribution in [0.5, 0.6) is 0 Å². The van der Waals surface area contributed by atoms with Gasteiger partial charge in [-0.05, 0) is 13.8 Å². The van der Waals surface area contributed by atoms with Crippen LogP contribution >= 0.6 is 22.9 Å². The standard InChI is InChI=1S/C10H11ClN2O2S/c1-3-4-5-12-7(2)9-6-8(13(14)15)10(11)16-9/h6-7,12H,5H2,1-2H3. The third-order valence-electron chi connectivity index (χ3n) is 1.98. The van der Waals surface area contributed by atoms with E-state index in [0.29, 0.717) is 6.54 Å². The predicted molar refractivity (Wildman–Crippen MR) is 65.9 cm³/mol. The van der Waals surface area contributed by atoms with E-state index in [4.69, 9.17) is 11.6 Å². The summed E-state index contributed by atoms with van der Waals surface area (Å²) < 4.78 is 0.218. The van der Waals surface area contributed by atoms with Crippen LogP contribution in [0.3, 0.4) is 0 Å². The van der Waals surface area contributed by atoms with E-state index in [2.05, 4.69) is 17.2 Å². The van der Waals surface area contributed by atoms with Crippen molar-refractivity contribution in [3.8, 4) is 11.8 Å². The van der Waals surface area contributed by atoms with Gasteiger partial charge < -0.3 is 0 Å². The molecule has 0 aromatic carbocycles. The van der Waals surface area contributed by atoms with Gasteiger partial charge in [0.15, 0.2) is 4.34 Å². The zero-order valence-corrected chi connectivity index (χ0v) is 10.5. The summed E-state index contributed by atoms with van der Waals surface area (Å²) in [6.45, 7) is 4.24. The van der Waals surface area contributed by atoms with Crippen LogP contribution in [-0.4, -0.2) is 11.5 Å². The molecule has 0 saturated carbocycles. The molecule has 4 nitrogen and oxygen atoms in total. The summed E-state index contributed by atoms with van der Waals surface area (Å²) in [6, 6.07) is 1.52. The molecule has 1 N–H and O–H groups in total. The fourth-order valence-corrected chi connectivity index (χ4v) is 2.37. The highest BCUT2D eigenvalue weighted by Gasteiger charge is 2.19. The average molecular weight is 259 g/mol. The molecule has 86 valence electrons. The van der Waals surface area contributed by atoms with Crippen LogP contribution in [0.25, 0.3) is 0 Å². The molecule has 1 unspecified atom stereocenters. The lowest BCUT2D eigenvalue weighted by Gasteiger charge is -2.07. The largest absolute Gasteiger partial charge is 0.299 e. The fraction of sp³-hybridized carbons (Fsp3) is 0.400. The first kappa shape index (κ1) is 13.0. The average Bonchev–Trinajstić information content (AvgIpc) is 2.60. The topological polar surface area (TPSA) is 55.2 Å². The van der Waals surface area contributed by atoms with Crippen molar-refractivity contribution in [2.75, 3.05) is 6.54 Å². The number of hydrogen-bond donors (Lipinski definition) is 1. The molecule has 0 aliphatic carbocycles. The van der Waals surface area contributed by atoms with Crippen molar-refractivity contribution in [2.24, 2.45) is 0 Å². The van der Waals surface area contributed by atoms with E-state index in [-0.39, 0.29) is 16.1 Å². The fourth-order valence-electron chi connectivity index (χ4n) is 1.11. The zero-order chi connectivity index (χ0) is 12.1. The highest BCUT2D eigenvalue weighted by molar-refractivity contribution is 7.16. The lowest BCUT2D eigenvalue weighted by atomic mass is 10.2. The van der Waals surface area contributed by atoms with E-state index in [1.165, 1.54) is 17.4 Å². The highest BCUT2D eigenvalue weighted by Crippen LogP contribution is 2.36. The summed E-state index contributed by atoms with van der Waals surface area (Å²) in [5, 5.41) is 13.7. The van der Waals surface area contributed by atoms with Gasteiger partial charge in [0.1, 0.15) is 0 Å². The summed E-state index contributed by atoms with van der Waals surface area (Å²) in [5.41, 5.74) is -0.0307. The number of rotatable bonds is 4. The molecule has 1 aromatic rings. The van der Waals surface area contributed by atoms with Gasteiger partial charge in [0.25, 0.3) is 5.69 Å². The van der Waals surface area contributed by atoms with Crippen LogP contribution in [0.4, 0.5) is 5.69 Å². The Kier molecular flexibility index (Phi) is 4.74. The van der Waals surface area contributed by atoms with Crippen molar-refractivity contribution in [3.63, 3.8) is 0 Å². The van der Waals surface area contributed by atoms with Gasteiger partial charge in [-0.2, -0.15) is 0 Å². The van der Waals surface area contributed by atoms with Crippen LogP contribution in [-0.2, 0) is 0 Å². The summed E-state index contributed by atoms with van der Waals surface area (Å²) in [7, 11) is 0. The Morgan fingerprint density at radius 2 is 2.44 bits per heavy atom. The molecule has 0 aliphatic heterocycles. The molecule has 0 aliphatic rings. The number of nitro groups is 1. The van der Waals surface area contributed by atoms with E-state index in [1.807, 2.05) is 6.92 Å². The molecule has 1 rings (SSSR count). The first-order valence-corrected chi connectivity index (χ1v) is 5.82. The lowest BCUT2D eigenvalue weighted by molar-refractivity contribution is -0.384. The normalized spacial score (nSPS) is 11.7. The van der Waals surface area contributed by atoms with Crippen molar-refractivity contribution in [2.45, 2.75) is 19.9 Å². The number of hydrogen-bond acceptors (Lipinski definition) is 4.